The smallest absolute Gasteiger partial charge is 0.0406 e. The van der Waals surface area contributed by atoms with Gasteiger partial charge in [-0.3, -0.25) is 0 Å². The summed E-state index contributed by atoms with van der Waals surface area (Å²) in [4.78, 5) is 0. The van der Waals surface area contributed by atoms with E-state index in [1.165, 1.54) is 42.0 Å². The number of rotatable bonds is 4. The Bertz CT molecular complexity index is 594. The van der Waals surface area contributed by atoms with Gasteiger partial charge in [0.2, 0.25) is 0 Å². The molecular formula is C19H24ClN. The van der Waals surface area contributed by atoms with Gasteiger partial charge in [0.15, 0.2) is 0 Å². The maximum atomic E-state index is 6.31. The third-order valence-corrected chi connectivity index (χ3v) is 5.53. The third kappa shape index (κ3) is 3.25. The highest BCUT2D eigenvalue weighted by atomic mass is 35.5. The predicted molar refractivity (Wildman–Crippen MR) is 91.9 cm³/mol. The SMILES string of the molecule is CC1CCC(CCl)(NCc2cccc3ccccc23)CC1. The highest BCUT2D eigenvalue weighted by Crippen LogP contribution is 2.33. The zero-order valence-corrected chi connectivity index (χ0v) is 13.5. The van der Waals surface area contributed by atoms with Crippen LogP contribution in [0.5, 0.6) is 0 Å². The lowest BCUT2D eigenvalue weighted by molar-refractivity contribution is 0.216. The van der Waals surface area contributed by atoms with E-state index in [4.69, 9.17) is 11.6 Å². The molecule has 0 heterocycles. The van der Waals surface area contributed by atoms with Crippen LogP contribution in [0.15, 0.2) is 42.5 Å². The normalized spacial score (nSPS) is 26.1. The van der Waals surface area contributed by atoms with Crippen molar-refractivity contribution in [2.75, 3.05) is 5.88 Å². The Labute approximate surface area is 132 Å². The van der Waals surface area contributed by atoms with Gasteiger partial charge in [0.1, 0.15) is 0 Å². The van der Waals surface area contributed by atoms with Gasteiger partial charge in [-0.25, -0.2) is 0 Å². The second-order valence-electron chi connectivity index (χ2n) is 6.59. The molecule has 0 saturated heterocycles. The first-order valence-corrected chi connectivity index (χ1v) is 8.53. The lowest BCUT2D eigenvalue weighted by Crippen LogP contribution is -2.49. The molecular weight excluding hydrogens is 278 g/mol. The molecule has 0 radical (unpaired) electrons. The lowest BCUT2D eigenvalue weighted by Gasteiger charge is -2.39. The molecule has 2 aromatic carbocycles. The van der Waals surface area contributed by atoms with Crippen LogP contribution >= 0.6 is 11.6 Å². The number of fused-ring (bicyclic) bond motifs is 1. The van der Waals surface area contributed by atoms with Gasteiger partial charge in [0.05, 0.1) is 0 Å². The van der Waals surface area contributed by atoms with Crippen molar-refractivity contribution in [1.82, 2.24) is 5.32 Å². The average molecular weight is 302 g/mol. The second-order valence-corrected chi connectivity index (χ2v) is 6.86. The van der Waals surface area contributed by atoms with Crippen molar-refractivity contribution in [3.63, 3.8) is 0 Å². The topological polar surface area (TPSA) is 12.0 Å². The van der Waals surface area contributed by atoms with Gasteiger partial charge in [-0.2, -0.15) is 0 Å². The minimum absolute atomic E-state index is 0.130. The number of nitrogens with one attached hydrogen (secondary N) is 1. The minimum atomic E-state index is 0.130. The molecule has 1 fully saturated rings. The van der Waals surface area contributed by atoms with E-state index in [0.717, 1.165) is 12.5 Å². The number of halogens is 1. The van der Waals surface area contributed by atoms with Crippen LogP contribution in [0.25, 0.3) is 10.8 Å². The molecule has 1 aliphatic rings. The van der Waals surface area contributed by atoms with Crippen molar-refractivity contribution < 1.29 is 0 Å². The molecule has 0 bridgehead atoms. The number of alkyl halides is 1. The van der Waals surface area contributed by atoms with E-state index in [1.54, 1.807) is 0 Å². The van der Waals surface area contributed by atoms with Gasteiger partial charge < -0.3 is 5.32 Å². The molecule has 1 aliphatic carbocycles. The molecule has 1 saturated carbocycles. The molecule has 2 heteroatoms. The molecule has 0 aromatic heterocycles. The summed E-state index contributed by atoms with van der Waals surface area (Å²) in [6.45, 7) is 3.26. The van der Waals surface area contributed by atoms with Crippen LogP contribution < -0.4 is 5.32 Å². The largest absolute Gasteiger partial charge is 0.306 e. The molecule has 0 spiro atoms. The summed E-state index contributed by atoms with van der Waals surface area (Å²) in [5.74, 6) is 1.56. The van der Waals surface area contributed by atoms with Crippen LogP contribution in [0.3, 0.4) is 0 Å². The summed E-state index contributed by atoms with van der Waals surface area (Å²) in [5.41, 5.74) is 1.50. The summed E-state index contributed by atoms with van der Waals surface area (Å²) in [5, 5.41) is 6.44. The zero-order chi connectivity index (χ0) is 14.7. The monoisotopic (exact) mass is 301 g/mol. The summed E-state index contributed by atoms with van der Waals surface area (Å²) in [6, 6.07) is 15.2. The van der Waals surface area contributed by atoms with Crippen molar-refractivity contribution in [3.05, 3.63) is 48.0 Å². The minimum Gasteiger partial charge on any atom is -0.306 e. The van der Waals surface area contributed by atoms with Crippen LogP contribution in [0.1, 0.15) is 38.2 Å². The Morgan fingerprint density at radius 3 is 2.57 bits per heavy atom. The number of hydrogen-bond donors (Lipinski definition) is 1. The van der Waals surface area contributed by atoms with E-state index in [9.17, 15) is 0 Å². The molecule has 0 aliphatic heterocycles. The average Bonchev–Trinajstić information content (AvgIpc) is 2.55. The molecule has 0 atom stereocenters. The molecule has 3 rings (SSSR count). The maximum Gasteiger partial charge on any atom is 0.0406 e. The van der Waals surface area contributed by atoms with Crippen LogP contribution in [0.4, 0.5) is 0 Å². The number of benzene rings is 2. The molecule has 1 nitrogen and oxygen atoms in total. The van der Waals surface area contributed by atoms with Crippen LogP contribution in [0.2, 0.25) is 0 Å². The van der Waals surface area contributed by atoms with E-state index >= 15 is 0 Å². The molecule has 1 N–H and O–H groups in total. The molecule has 21 heavy (non-hydrogen) atoms. The first-order valence-electron chi connectivity index (χ1n) is 8.00. The van der Waals surface area contributed by atoms with Gasteiger partial charge in [-0.15, -0.1) is 11.6 Å². The van der Waals surface area contributed by atoms with Crippen LogP contribution in [0, 0.1) is 5.92 Å². The molecule has 2 aromatic rings. The van der Waals surface area contributed by atoms with Crippen LogP contribution in [-0.4, -0.2) is 11.4 Å². The van der Waals surface area contributed by atoms with Gasteiger partial charge in [0.25, 0.3) is 0 Å². The fourth-order valence-electron chi connectivity index (χ4n) is 3.40. The highest BCUT2D eigenvalue weighted by Gasteiger charge is 2.32. The fraction of sp³-hybridized carbons (Fsp3) is 0.474. The second kappa shape index (κ2) is 6.37. The Balaban J connectivity index is 1.76. The van der Waals surface area contributed by atoms with Crippen molar-refractivity contribution in [1.29, 1.82) is 0 Å². The quantitative estimate of drug-likeness (QED) is 0.773. The first kappa shape index (κ1) is 14.9. The molecule has 0 unspecified atom stereocenters. The Morgan fingerprint density at radius 1 is 1.10 bits per heavy atom. The first-order chi connectivity index (χ1) is 10.2. The maximum absolute atomic E-state index is 6.31. The van der Waals surface area contributed by atoms with Gasteiger partial charge in [-0.05, 0) is 47.9 Å². The van der Waals surface area contributed by atoms with Gasteiger partial charge in [-0.1, -0.05) is 49.4 Å². The summed E-state index contributed by atoms with van der Waals surface area (Å²) in [6.07, 6.45) is 4.97. The highest BCUT2D eigenvalue weighted by molar-refractivity contribution is 6.18. The summed E-state index contributed by atoms with van der Waals surface area (Å²) in [7, 11) is 0. The van der Waals surface area contributed by atoms with Crippen molar-refractivity contribution >= 4 is 22.4 Å². The van der Waals surface area contributed by atoms with E-state index in [1.807, 2.05) is 0 Å². The van der Waals surface area contributed by atoms with Gasteiger partial charge in [0, 0.05) is 18.0 Å². The Morgan fingerprint density at radius 2 is 1.81 bits per heavy atom. The standard InChI is InChI=1S/C19H24ClN/c1-15-9-11-19(14-20,12-10-15)21-13-17-7-4-6-16-5-2-3-8-18(16)17/h2-8,15,21H,9-14H2,1H3. The van der Waals surface area contributed by atoms with E-state index in [-0.39, 0.29) is 5.54 Å². The van der Waals surface area contributed by atoms with E-state index < -0.39 is 0 Å². The predicted octanol–water partition coefficient (Wildman–Crippen LogP) is 5.12. The summed E-state index contributed by atoms with van der Waals surface area (Å²) < 4.78 is 0. The molecule has 112 valence electrons. The van der Waals surface area contributed by atoms with E-state index in [2.05, 4.69) is 54.7 Å². The lowest BCUT2D eigenvalue weighted by atomic mass is 9.78. The fourth-order valence-corrected chi connectivity index (χ4v) is 3.76. The van der Waals surface area contributed by atoms with Crippen LogP contribution in [-0.2, 0) is 6.54 Å². The Hall–Kier alpha value is -1.05. The third-order valence-electron chi connectivity index (χ3n) is 5.02. The summed E-state index contributed by atoms with van der Waals surface area (Å²) >= 11 is 6.31. The van der Waals surface area contributed by atoms with Crippen molar-refractivity contribution in [2.24, 2.45) is 5.92 Å². The zero-order valence-electron chi connectivity index (χ0n) is 12.7. The van der Waals surface area contributed by atoms with E-state index in [0.29, 0.717) is 5.88 Å². The van der Waals surface area contributed by atoms with Crippen molar-refractivity contribution in [3.8, 4) is 0 Å². The number of hydrogen-bond acceptors (Lipinski definition) is 1. The van der Waals surface area contributed by atoms with Gasteiger partial charge >= 0.3 is 0 Å². The van der Waals surface area contributed by atoms with Crippen molar-refractivity contribution in [2.45, 2.75) is 44.7 Å². The molecule has 0 amide bonds. The Kier molecular flexibility index (Phi) is 4.51.